The molecule has 254 valence electrons. The van der Waals surface area contributed by atoms with Gasteiger partial charge in [-0.2, -0.15) is 10.5 Å². The Morgan fingerprint density at radius 1 is 0.436 bits per heavy atom. The van der Waals surface area contributed by atoms with Gasteiger partial charge in [-0.05, 0) is 101 Å². The van der Waals surface area contributed by atoms with Crippen LogP contribution in [0.2, 0.25) is 0 Å². The maximum Gasteiger partial charge on any atom is 0.136 e. The van der Waals surface area contributed by atoms with E-state index in [0.717, 1.165) is 82.8 Å². The van der Waals surface area contributed by atoms with Crippen LogP contribution in [0.4, 0.5) is 0 Å². The minimum absolute atomic E-state index is 0.575. The molecule has 0 amide bonds. The monoisotopic (exact) mass is 717 g/mol. The van der Waals surface area contributed by atoms with E-state index in [4.69, 9.17) is 4.42 Å². The minimum Gasteiger partial charge on any atom is -0.456 e. The lowest BCUT2D eigenvalue weighted by atomic mass is 9.90. The number of hydrogen-bond acceptors (Lipinski definition) is 4. The number of aromatic nitrogens is 1. The fraction of sp³-hybridized carbons (Fsp3) is 0. The first-order valence-corrected chi connectivity index (χ1v) is 18.9. The van der Waals surface area contributed by atoms with Gasteiger partial charge in [0.25, 0.3) is 0 Å². The molecule has 0 fully saturated rings. The second-order valence-electron chi connectivity index (χ2n) is 13.9. The van der Waals surface area contributed by atoms with Crippen molar-refractivity contribution in [1.29, 1.82) is 10.5 Å². The second-order valence-corrected chi connectivity index (χ2v) is 15.0. The van der Waals surface area contributed by atoms with E-state index in [-0.39, 0.29) is 0 Å². The zero-order valence-corrected chi connectivity index (χ0v) is 30.1. The van der Waals surface area contributed by atoms with E-state index in [1.165, 1.54) is 20.2 Å². The molecule has 0 aliphatic rings. The third kappa shape index (κ3) is 4.82. The number of rotatable bonds is 4. The van der Waals surface area contributed by atoms with Gasteiger partial charge in [0.05, 0.1) is 34.3 Å². The van der Waals surface area contributed by atoms with Crippen molar-refractivity contribution in [2.24, 2.45) is 0 Å². The molecule has 3 heterocycles. The van der Waals surface area contributed by atoms with Crippen LogP contribution in [0, 0.1) is 22.7 Å². The number of furan rings is 1. The molecule has 0 saturated heterocycles. The van der Waals surface area contributed by atoms with Crippen LogP contribution in [0.15, 0.2) is 168 Å². The molecule has 0 spiro atoms. The van der Waals surface area contributed by atoms with Gasteiger partial charge in [0.2, 0.25) is 0 Å². The van der Waals surface area contributed by atoms with Gasteiger partial charge in [0, 0.05) is 53.0 Å². The second kappa shape index (κ2) is 12.0. The summed E-state index contributed by atoms with van der Waals surface area (Å²) in [6.45, 7) is 0. The zero-order valence-electron chi connectivity index (χ0n) is 29.2. The maximum absolute atomic E-state index is 10.3. The number of nitrogens with zero attached hydrogens (tertiary/aromatic N) is 3. The molecule has 0 atom stereocenters. The van der Waals surface area contributed by atoms with Gasteiger partial charge in [0.1, 0.15) is 11.2 Å². The highest BCUT2D eigenvalue weighted by Gasteiger charge is 2.20. The summed E-state index contributed by atoms with van der Waals surface area (Å²) in [5.74, 6) is 0. The molecular formula is C50H27N3OS. The summed E-state index contributed by atoms with van der Waals surface area (Å²) < 4.78 is 11.2. The maximum atomic E-state index is 10.3. The summed E-state index contributed by atoms with van der Waals surface area (Å²) in [5, 5.41) is 26.6. The number of fused-ring (bicyclic) bond motifs is 9. The molecule has 11 rings (SSSR count). The van der Waals surface area contributed by atoms with E-state index in [0.29, 0.717) is 11.1 Å². The molecule has 0 N–H and O–H groups in total. The Labute approximate surface area is 319 Å². The lowest BCUT2D eigenvalue weighted by molar-refractivity contribution is 0.669. The van der Waals surface area contributed by atoms with Crippen molar-refractivity contribution in [3.8, 4) is 51.2 Å². The first-order chi connectivity index (χ1) is 27.1. The van der Waals surface area contributed by atoms with E-state index in [2.05, 4.69) is 132 Å². The fourth-order valence-corrected chi connectivity index (χ4v) is 9.55. The lowest BCUT2D eigenvalue weighted by Crippen LogP contribution is -1.96. The molecule has 0 aliphatic heterocycles. The molecule has 0 unspecified atom stereocenters. The first kappa shape index (κ1) is 31.1. The smallest absolute Gasteiger partial charge is 0.136 e. The average molecular weight is 718 g/mol. The van der Waals surface area contributed by atoms with Crippen molar-refractivity contribution in [2.45, 2.75) is 0 Å². The van der Waals surface area contributed by atoms with Crippen LogP contribution >= 0.6 is 11.3 Å². The van der Waals surface area contributed by atoms with Crippen LogP contribution in [0.5, 0.6) is 0 Å². The van der Waals surface area contributed by atoms with Crippen LogP contribution in [-0.4, -0.2) is 4.57 Å². The van der Waals surface area contributed by atoms with Crippen LogP contribution in [0.1, 0.15) is 11.1 Å². The molecule has 4 nitrogen and oxygen atoms in total. The molecule has 0 radical (unpaired) electrons. The summed E-state index contributed by atoms with van der Waals surface area (Å²) in [5.41, 5.74) is 12.3. The Morgan fingerprint density at radius 3 is 2.04 bits per heavy atom. The molecule has 11 aromatic rings. The van der Waals surface area contributed by atoms with Crippen LogP contribution in [0.25, 0.3) is 103 Å². The molecule has 8 aromatic carbocycles. The van der Waals surface area contributed by atoms with E-state index in [9.17, 15) is 10.5 Å². The highest BCUT2D eigenvalue weighted by atomic mass is 32.1. The molecular weight excluding hydrogens is 691 g/mol. The first-order valence-electron chi connectivity index (χ1n) is 18.1. The third-order valence-corrected chi connectivity index (χ3v) is 12.1. The Kier molecular flexibility index (Phi) is 6.82. The van der Waals surface area contributed by atoms with Gasteiger partial charge >= 0.3 is 0 Å². The summed E-state index contributed by atoms with van der Waals surface area (Å²) in [6, 6.07) is 61.4. The molecule has 0 saturated carbocycles. The van der Waals surface area contributed by atoms with Gasteiger partial charge in [-0.1, -0.05) is 91.0 Å². The molecule has 5 heteroatoms. The molecule has 0 bridgehead atoms. The predicted octanol–water partition coefficient (Wildman–Crippen LogP) is 13.8. The van der Waals surface area contributed by atoms with E-state index >= 15 is 0 Å². The Bertz CT molecular complexity index is 3460. The van der Waals surface area contributed by atoms with Crippen LogP contribution < -0.4 is 0 Å². The van der Waals surface area contributed by atoms with Gasteiger partial charge in [-0.15, -0.1) is 11.3 Å². The van der Waals surface area contributed by atoms with E-state index < -0.39 is 0 Å². The van der Waals surface area contributed by atoms with Gasteiger partial charge in [-0.25, -0.2) is 0 Å². The fourth-order valence-electron chi connectivity index (χ4n) is 8.32. The molecule has 3 aromatic heterocycles. The lowest BCUT2D eigenvalue weighted by Gasteiger charge is -2.17. The van der Waals surface area contributed by atoms with Gasteiger partial charge in [-0.3, -0.25) is 0 Å². The van der Waals surface area contributed by atoms with E-state index in [1.807, 2.05) is 59.9 Å². The van der Waals surface area contributed by atoms with Crippen LogP contribution in [-0.2, 0) is 0 Å². The summed E-state index contributed by atoms with van der Waals surface area (Å²) in [6.07, 6.45) is 0. The highest BCUT2D eigenvalue weighted by molar-refractivity contribution is 7.26. The van der Waals surface area contributed by atoms with Crippen molar-refractivity contribution >= 4 is 75.3 Å². The van der Waals surface area contributed by atoms with Crippen molar-refractivity contribution < 1.29 is 4.42 Å². The van der Waals surface area contributed by atoms with Crippen molar-refractivity contribution in [2.75, 3.05) is 0 Å². The Hall–Kier alpha value is -7.44. The quantitative estimate of drug-likeness (QED) is 0.182. The number of nitriles is 2. The number of hydrogen-bond donors (Lipinski definition) is 0. The van der Waals surface area contributed by atoms with Crippen molar-refractivity contribution in [1.82, 2.24) is 4.57 Å². The normalized spacial score (nSPS) is 11.6. The van der Waals surface area contributed by atoms with Gasteiger partial charge < -0.3 is 8.98 Å². The summed E-state index contributed by atoms with van der Waals surface area (Å²) >= 11 is 1.81. The largest absolute Gasteiger partial charge is 0.456 e. The molecule has 55 heavy (non-hydrogen) atoms. The number of para-hydroxylation sites is 2. The number of thiophene rings is 1. The SMILES string of the molecule is N#Cc1ccc(-c2cc(C#N)cc(-c3ccc(-n4c5ccccc5c5cc6oc7ccccc7c6cc54)cc3-c3cccc4c3sc3ccccc34)c2)cc1. The zero-order chi connectivity index (χ0) is 36.6. The molecule has 0 aliphatic carbocycles. The Balaban J connectivity index is 1.21. The average Bonchev–Trinajstić information content (AvgIpc) is 3.91. The van der Waals surface area contributed by atoms with Crippen molar-refractivity contribution in [3.63, 3.8) is 0 Å². The van der Waals surface area contributed by atoms with Crippen molar-refractivity contribution in [3.05, 3.63) is 175 Å². The standard InChI is InChI=1S/C50H27N3OS/c51-28-30-16-18-32(19-17-30)33-22-31(29-52)23-34(24-33)36-21-20-35(25-42(36)41-12-7-11-40-39-10-3-6-15-49(39)55-50(40)41)53-45-13-4-1-8-37(45)43-27-48-44(26-46(43)53)38-9-2-5-14-47(38)54-48/h1-27H. The Morgan fingerprint density at radius 2 is 1.18 bits per heavy atom. The highest BCUT2D eigenvalue weighted by Crippen LogP contribution is 2.45. The van der Waals surface area contributed by atoms with Crippen LogP contribution in [0.3, 0.4) is 0 Å². The summed E-state index contributed by atoms with van der Waals surface area (Å²) in [7, 11) is 0. The third-order valence-electron chi connectivity index (χ3n) is 10.8. The summed E-state index contributed by atoms with van der Waals surface area (Å²) in [4.78, 5) is 0. The van der Waals surface area contributed by atoms with Gasteiger partial charge in [0.15, 0.2) is 0 Å². The number of benzene rings is 8. The van der Waals surface area contributed by atoms with E-state index in [1.54, 1.807) is 0 Å². The predicted molar refractivity (Wildman–Crippen MR) is 227 cm³/mol. The minimum atomic E-state index is 0.575. The topological polar surface area (TPSA) is 65.7 Å².